The van der Waals surface area contributed by atoms with E-state index in [0.29, 0.717) is 5.54 Å². The molecule has 5 rings (SSSR count). The molecule has 0 saturated heterocycles. The molecule has 0 heterocycles. The highest BCUT2D eigenvalue weighted by Crippen LogP contribution is 2.55. The number of rotatable bonds is 3. The van der Waals surface area contributed by atoms with Gasteiger partial charge in [0.1, 0.15) is 0 Å². The quantitative estimate of drug-likeness (QED) is 0.836. The third-order valence-corrected chi connectivity index (χ3v) is 6.49. The lowest BCUT2D eigenvalue weighted by Crippen LogP contribution is -2.58. The zero-order valence-corrected chi connectivity index (χ0v) is 13.9. The van der Waals surface area contributed by atoms with E-state index in [1.54, 1.807) is 0 Å². The first-order chi connectivity index (χ1) is 9.62. The van der Waals surface area contributed by atoms with Gasteiger partial charge in [-0.25, -0.2) is 0 Å². The smallest absolute Gasteiger partial charge is 0.0213 e. The summed E-state index contributed by atoms with van der Waals surface area (Å²) in [6.45, 7) is 3.27. The van der Waals surface area contributed by atoms with E-state index in [-0.39, 0.29) is 0 Å². The Morgan fingerprint density at radius 3 is 2.25 bits per heavy atom. The van der Waals surface area contributed by atoms with Crippen molar-refractivity contribution < 1.29 is 0 Å². The standard InChI is InChI=1S/C18H24BrN/c1-12-4-17(19)3-2-16(12)11-20-18-8-13-5-14(9-18)7-15(6-13)10-18/h2-4,13-15,20H,5-11H2,1H3. The summed E-state index contributed by atoms with van der Waals surface area (Å²) in [6, 6.07) is 6.67. The van der Waals surface area contributed by atoms with Crippen molar-refractivity contribution in [3.63, 3.8) is 0 Å². The van der Waals surface area contributed by atoms with Gasteiger partial charge in [0.25, 0.3) is 0 Å². The van der Waals surface area contributed by atoms with Gasteiger partial charge in [-0.15, -0.1) is 0 Å². The molecule has 108 valence electrons. The molecule has 0 amide bonds. The summed E-state index contributed by atoms with van der Waals surface area (Å²) < 4.78 is 1.19. The molecular formula is C18H24BrN. The number of halogens is 1. The predicted molar refractivity (Wildman–Crippen MR) is 86.6 cm³/mol. The molecule has 4 bridgehead atoms. The third-order valence-electron chi connectivity index (χ3n) is 6.00. The monoisotopic (exact) mass is 333 g/mol. The Morgan fingerprint density at radius 2 is 1.70 bits per heavy atom. The van der Waals surface area contributed by atoms with Crippen molar-refractivity contribution in [2.45, 2.75) is 57.5 Å². The molecule has 0 unspecified atom stereocenters. The molecule has 1 aromatic carbocycles. The van der Waals surface area contributed by atoms with Crippen LogP contribution in [0.4, 0.5) is 0 Å². The van der Waals surface area contributed by atoms with Crippen molar-refractivity contribution in [2.24, 2.45) is 17.8 Å². The predicted octanol–water partition coefficient (Wildman–Crippen LogP) is 4.82. The van der Waals surface area contributed by atoms with Crippen LogP contribution in [0.1, 0.15) is 49.7 Å². The molecule has 0 aliphatic heterocycles. The molecule has 4 aliphatic rings. The molecule has 4 fully saturated rings. The lowest BCUT2D eigenvalue weighted by Gasteiger charge is -2.57. The molecule has 4 aliphatic carbocycles. The average molecular weight is 334 g/mol. The van der Waals surface area contributed by atoms with Gasteiger partial charge in [0.2, 0.25) is 0 Å². The molecule has 0 atom stereocenters. The van der Waals surface area contributed by atoms with Gasteiger partial charge in [0.15, 0.2) is 0 Å². The van der Waals surface area contributed by atoms with Gasteiger partial charge < -0.3 is 5.32 Å². The summed E-state index contributed by atoms with van der Waals surface area (Å²) in [4.78, 5) is 0. The van der Waals surface area contributed by atoms with Crippen LogP contribution in [0.25, 0.3) is 0 Å². The van der Waals surface area contributed by atoms with E-state index in [0.717, 1.165) is 24.3 Å². The maximum Gasteiger partial charge on any atom is 0.0213 e. The summed E-state index contributed by atoms with van der Waals surface area (Å²) in [7, 11) is 0. The minimum atomic E-state index is 0.480. The fourth-order valence-corrected chi connectivity index (χ4v) is 5.94. The number of aryl methyl sites for hydroxylation is 1. The molecule has 4 saturated carbocycles. The molecule has 1 aromatic rings. The van der Waals surface area contributed by atoms with Gasteiger partial charge in [0, 0.05) is 16.6 Å². The van der Waals surface area contributed by atoms with E-state index in [9.17, 15) is 0 Å². The first-order valence-electron chi connectivity index (χ1n) is 8.12. The second kappa shape index (κ2) is 4.84. The Morgan fingerprint density at radius 1 is 1.10 bits per heavy atom. The van der Waals surface area contributed by atoms with E-state index >= 15 is 0 Å². The van der Waals surface area contributed by atoms with Crippen molar-refractivity contribution >= 4 is 15.9 Å². The summed E-state index contributed by atoms with van der Waals surface area (Å²) in [5.74, 6) is 3.08. The van der Waals surface area contributed by atoms with E-state index in [1.165, 1.54) is 54.1 Å². The molecular weight excluding hydrogens is 310 g/mol. The zero-order chi connectivity index (χ0) is 13.7. The van der Waals surface area contributed by atoms with Gasteiger partial charge in [-0.1, -0.05) is 22.0 Å². The number of hydrogen-bond acceptors (Lipinski definition) is 1. The average Bonchev–Trinajstić information content (AvgIpc) is 2.36. The molecule has 0 radical (unpaired) electrons. The van der Waals surface area contributed by atoms with Gasteiger partial charge in [-0.05, 0) is 86.5 Å². The second-order valence-electron chi connectivity index (χ2n) is 7.62. The van der Waals surface area contributed by atoms with Crippen LogP contribution in [0, 0.1) is 24.7 Å². The molecule has 1 nitrogen and oxygen atoms in total. The van der Waals surface area contributed by atoms with Crippen LogP contribution in [0.5, 0.6) is 0 Å². The van der Waals surface area contributed by atoms with E-state index in [1.807, 2.05) is 0 Å². The van der Waals surface area contributed by atoms with Crippen LogP contribution >= 0.6 is 15.9 Å². The fraction of sp³-hybridized carbons (Fsp3) is 0.667. The Labute approximate surface area is 130 Å². The van der Waals surface area contributed by atoms with E-state index in [4.69, 9.17) is 0 Å². The molecule has 1 N–H and O–H groups in total. The van der Waals surface area contributed by atoms with Crippen LogP contribution in [0.15, 0.2) is 22.7 Å². The maximum absolute atomic E-state index is 3.99. The highest BCUT2D eigenvalue weighted by Gasteiger charge is 2.50. The molecule has 20 heavy (non-hydrogen) atoms. The minimum absolute atomic E-state index is 0.480. The lowest BCUT2D eigenvalue weighted by atomic mass is 9.53. The van der Waals surface area contributed by atoms with Crippen molar-refractivity contribution in [3.8, 4) is 0 Å². The Balaban J connectivity index is 1.49. The van der Waals surface area contributed by atoms with E-state index < -0.39 is 0 Å². The number of hydrogen-bond donors (Lipinski definition) is 1. The van der Waals surface area contributed by atoms with Gasteiger partial charge in [-0.2, -0.15) is 0 Å². The van der Waals surface area contributed by atoms with Crippen LogP contribution in [0.3, 0.4) is 0 Å². The third kappa shape index (κ3) is 2.35. The van der Waals surface area contributed by atoms with Crippen LogP contribution in [0.2, 0.25) is 0 Å². The second-order valence-corrected chi connectivity index (χ2v) is 8.54. The Kier molecular flexibility index (Phi) is 3.23. The molecule has 0 spiro atoms. The fourth-order valence-electron chi connectivity index (χ4n) is 5.47. The van der Waals surface area contributed by atoms with E-state index in [2.05, 4.69) is 46.4 Å². The van der Waals surface area contributed by atoms with Crippen molar-refractivity contribution in [1.82, 2.24) is 5.32 Å². The number of nitrogens with one attached hydrogen (secondary N) is 1. The SMILES string of the molecule is Cc1cc(Br)ccc1CNC12CC3CC(CC(C3)C1)C2. The Hall–Kier alpha value is -0.340. The van der Waals surface area contributed by atoms with Crippen LogP contribution in [-0.4, -0.2) is 5.54 Å². The first kappa shape index (κ1) is 13.3. The summed E-state index contributed by atoms with van der Waals surface area (Å²) >= 11 is 3.56. The highest BCUT2D eigenvalue weighted by molar-refractivity contribution is 9.10. The summed E-state index contributed by atoms with van der Waals surface area (Å²) in [6.07, 6.45) is 8.90. The van der Waals surface area contributed by atoms with Crippen LogP contribution in [-0.2, 0) is 6.54 Å². The summed E-state index contributed by atoms with van der Waals surface area (Å²) in [5, 5.41) is 3.99. The molecule has 2 heteroatoms. The Bertz CT molecular complexity index is 487. The zero-order valence-electron chi connectivity index (χ0n) is 12.3. The minimum Gasteiger partial charge on any atom is -0.307 e. The topological polar surface area (TPSA) is 12.0 Å². The van der Waals surface area contributed by atoms with Gasteiger partial charge >= 0.3 is 0 Å². The van der Waals surface area contributed by atoms with Crippen molar-refractivity contribution in [1.29, 1.82) is 0 Å². The maximum atomic E-state index is 3.99. The normalized spacial score (nSPS) is 38.4. The largest absolute Gasteiger partial charge is 0.307 e. The first-order valence-corrected chi connectivity index (χ1v) is 8.91. The highest BCUT2D eigenvalue weighted by atomic mass is 79.9. The van der Waals surface area contributed by atoms with Crippen LogP contribution < -0.4 is 5.32 Å². The van der Waals surface area contributed by atoms with Crippen molar-refractivity contribution in [2.75, 3.05) is 0 Å². The van der Waals surface area contributed by atoms with Gasteiger partial charge in [0.05, 0.1) is 0 Å². The molecule has 0 aromatic heterocycles. The van der Waals surface area contributed by atoms with Crippen molar-refractivity contribution in [3.05, 3.63) is 33.8 Å². The van der Waals surface area contributed by atoms with Gasteiger partial charge in [-0.3, -0.25) is 0 Å². The number of benzene rings is 1. The lowest BCUT2D eigenvalue weighted by molar-refractivity contribution is -0.0206. The summed E-state index contributed by atoms with van der Waals surface area (Å²) in [5.41, 5.74) is 3.34.